The zero-order chi connectivity index (χ0) is 22.4. The maximum Gasteiger partial charge on any atom is 0.573 e. The summed E-state index contributed by atoms with van der Waals surface area (Å²) < 4.78 is 41.3. The van der Waals surface area contributed by atoms with E-state index in [1.807, 2.05) is 0 Å². The van der Waals surface area contributed by atoms with Crippen molar-refractivity contribution >= 4 is 22.4 Å². The number of hydrogen-bond donors (Lipinski definition) is 2. The smallest absolute Gasteiger partial charge is 0.406 e. The van der Waals surface area contributed by atoms with Crippen molar-refractivity contribution in [3.63, 3.8) is 0 Å². The molecular weight excluding hydrogens is 433 g/mol. The van der Waals surface area contributed by atoms with Crippen LogP contribution in [0.5, 0.6) is 5.75 Å². The lowest BCUT2D eigenvalue weighted by Gasteiger charge is -2.15. The van der Waals surface area contributed by atoms with Gasteiger partial charge in [0, 0.05) is 18.8 Å². The highest BCUT2D eigenvalue weighted by Crippen LogP contribution is 2.29. The van der Waals surface area contributed by atoms with Crippen molar-refractivity contribution in [2.24, 2.45) is 5.73 Å². The second kappa shape index (κ2) is 9.69. The molecule has 2 aromatic heterocycles. The van der Waals surface area contributed by atoms with Crippen LogP contribution >= 0.6 is 11.3 Å². The van der Waals surface area contributed by atoms with Gasteiger partial charge < -0.3 is 16.2 Å². The number of anilines is 1. The van der Waals surface area contributed by atoms with E-state index in [4.69, 9.17) is 11.5 Å². The number of primary amides is 1. The van der Waals surface area contributed by atoms with Crippen LogP contribution in [0.4, 0.5) is 18.3 Å². The Labute approximate surface area is 179 Å². The number of carbonyl (C=O) groups excluding carboxylic acids is 1. The van der Waals surface area contributed by atoms with Crippen LogP contribution in [0.2, 0.25) is 0 Å². The third-order valence-corrected chi connectivity index (χ3v) is 5.10. The van der Waals surface area contributed by atoms with E-state index in [-0.39, 0.29) is 11.3 Å². The molecular formula is C19H19F3N6O2S. The minimum Gasteiger partial charge on any atom is -0.406 e. The Morgan fingerprint density at radius 1 is 1.13 bits per heavy atom. The molecule has 1 unspecified atom stereocenters. The van der Waals surface area contributed by atoms with E-state index >= 15 is 0 Å². The number of rotatable bonds is 9. The summed E-state index contributed by atoms with van der Waals surface area (Å²) >= 11 is 1.36. The summed E-state index contributed by atoms with van der Waals surface area (Å²) in [4.78, 5) is 20.6. The number of halogens is 3. The normalized spacial score (nSPS) is 12.5. The average molecular weight is 452 g/mol. The number of amides is 1. The molecule has 0 fully saturated rings. The number of ether oxygens (including phenoxy) is 1. The Bertz CT molecular complexity index is 1030. The molecule has 0 spiro atoms. The van der Waals surface area contributed by atoms with E-state index < -0.39 is 23.9 Å². The average Bonchev–Trinajstić information content (AvgIpc) is 3.10. The highest BCUT2D eigenvalue weighted by Gasteiger charge is 2.31. The summed E-state index contributed by atoms with van der Waals surface area (Å²) in [6.07, 6.45) is 1.23. The largest absolute Gasteiger partial charge is 0.573 e. The van der Waals surface area contributed by atoms with Gasteiger partial charge in [0.15, 0.2) is 0 Å². The van der Waals surface area contributed by atoms with Gasteiger partial charge in [-0.05, 0) is 37.0 Å². The van der Waals surface area contributed by atoms with E-state index in [0.717, 1.165) is 42.1 Å². The second-order valence-electron chi connectivity index (χ2n) is 6.63. The quantitative estimate of drug-likeness (QED) is 0.477. The molecule has 0 bridgehead atoms. The van der Waals surface area contributed by atoms with Gasteiger partial charge in [-0.15, -0.1) is 23.4 Å². The Morgan fingerprint density at radius 2 is 1.90 bits per heavy atom. The molecule has 3 aromatic rings. The summed E-state index contributed by atoms with van der Waals surface area (Å²) in [5.41, 5.74) is 12.2. The Hall–Kier alpha value is -3.28. The molecule has 0 aliphatic rings. The van der Waals surface area contributed by atoms with Gasteiger partial charge in [0.2, 0.25) is 11.0 Å². The number of nitrogen functional groups attached to an aromatic ring is 1. The summed E-state index contributed by atoms with van der Waals surface area (Å²) in [6.45, 7) is 0. The first kappa shape index (κ1) is 22.4. The van der Waals surface area contributed by atoms with Gasteiger partial charge in [0.25, 0.3) is 0 Å². The molecule has 1 amide bonds. The van der Waals surface area contributed by atoms with Crippen LogP contribution < -0.4 is 16.2 Å². The number of unbranched alkanes of at least 4 members (excludes halogenated alkanes) is 1. The summed E-state index contributed by atoms with van der Waals surface area (Å²) in [5, 5.41) is 9.04. The standard InChI is InChI=1S/C19H19F3N6O2S/c20-19(21,22)30-13-6-3-4-11(8-13)16(17(23)29)14-10-25-12(9-26-14)5-1-2-7-15-27-28-18(24)31-15/h3-4,6,8-10,16H,1-2,5,7H2,(H2,23,29)(H2,24,28). The van der Waals surface area contributed by atoms with Gasteiger partial charge in [-0.25, -0.2) is 0 Å². The van der Waals surface area contributed by atoms with Crippen molar-refractivity contribution in [1.82, 2.24) is 20.2 Å². The van der Waals surface area contributed by atoms with Crippen LogP contribution in [0.25, 0.3) is 0 Å². The van der Waals surface area contributed by atoms with Gasteiger partial charge in [-0.2, -0.15) is 0 Å². The molecule has 1 atom stereocenters. The molecule has 12 heteroatoms. The van der Waals surface area contributed by atoms with Crippen molar-refractivity contribution in [2.75, 3.05) is 5.73 Å². The lowest BCUT2D eigenvalue weighted by Crippen LogP contribution is -2.24. The van der Waals surface area contributed by atoms with Crippen molar-refractivity contribution in [1.29, 1.82) is 0 Å². The fourth-order valence-corrected chi connectivity index (χ4v) is 3.62. The fraction of sp³-hybridized carbons (Fsp3) is 0.316. The van der Waals surface area contributed by atoms with Gasteiger partial charge >= 0.3 is 6.36 Å². The monoisotopic (exact) mass is 452 g/mol. The van der Waals surface area contributed by atoms with E-state index in [1.54, 1.807) is 0 Å². The van der Waals surface area contributed by atoms with E-state index in [9.17, 15) is 18.0 Å². The lowest BCUT2D eigenvalue weighted by molar-refractivity contribution is -0.274. The molecule has 0 saturated heterocycles. The fourth-order valence-electron chi connectivity index (χ4n) is 2.96. The van der Waals surface area contributed by atoms with Crippen LogP contribution in [-0.2, 0) is 17.6 Å². The topological polar surface area (TPSA) is 130 Å². The summed E-state index contributed by atoms with van der Waals surface area (Å²) in [7, 11) is 0. The molecule has 4 N–H and O–H groups in total. The number of hydrogen-bond acceptors (Lipinski definition) is 8. The minimum absolute atomic E-state index is 0.229. The van der Waals surface area contributed by atoms with E-state index in [0.29, 0.717) is 11.6 Å². The number of aromatic nitrogens is 4. The van der Waals surface area contributed by atoms with Crippen LogP contribution in [0.1, 0.15) is 40.7 Å². The minimum atomic E-state index is -4.84. The molecule has 0 saturated carbocycles. The molecule has 8 nitrogen and oxygen atoms in total. The Morgan fingerprint density at radius 3 is 2.52 bits per heavy atom. The SMILES string of the molecule is NC(=O)C(c1cccc(OC(F)(F)F)c1)c1cnc(CCCCc2nnc(N)s2)cn1. The van der Waals surface area contributed by atoms with Crippen LogP contribution in [-0.4, -0.2) is 32.4 Å². The van der Waals surface area contributed by atoms with E-state index in [1.165, 1.54) is 35.9 Å². The van der Waals surface area contributed by atoms with Crippen LogP contribution in [0, 0.1) is 0 Å². The number of aryl methyl sites for hydroxylation is 2. The highest BCUT2D eigenvalue weighted by atomic mass is 32.1. The number of alkyl halides is 3. The molecule has 1 aromatic carbocycles. The van der Waals surface area contributed by atoms with Crippen molar-refractivity contribution < 1.29 is 22.7 Å². The first-order valence-electron chi connectivity index (χ1n) is 9.25. The first-order chi connectivity index (χ1) is 14.7. The van der Waals surface area contributed by atoms with Crippen molar-refractivity contribution in [3.05, 3.63) is 58.6 Å². The molecule has 0 aliphatic heterocycles. The zero-order valence-corrected chi connectivity index (χ0v) is 17.0. The van der Waals surface area contributed by atoms with Gasteiger partial charge in [-0.1, -0.05) is 23.5 Å². The number of benzene rings is 1. The van der Waals surface area contributed by atoms with E-state index in [2.05, 4.69) is 24.9 Å². The van der Waals surface area contributed by atoms with Gasteiger partial charge in [0.1, 0.15) is 16.7 Å². The molecule has 31 heavy (non-hydrogen) atoms. The maximum absolute atomic E-state index is 12.5. The second-order valence-corrected chi connectivity index (χ2v) is 7.72. The third-order valence-electron chi connectivity index (χ3n) is 4.29. The summed E-state index contributed by atoms with van der Waals surface area (Å²) in [6, 6.07) is 5.08. The predicted octanol–water partition coefficient (Wildman–Crippen LogP) is 2.99. The maximum atomic E-state index is 12.5. The Balaban J connectivity index is 1.64. The lowest BCUT2D eigenvalue weighted by atomic mass is 9.95. The third kappa shape index (κ3) is 6.60. The predicted molar refractivity (Wildman–Crippen MR) is 107 cm³/mol. The molecule has 164 valence electrons. The number of nitrogens with two attached hydrogens (primary N) is 2. The van der Waals surface area contributed by atoms with Gasteiger partial charge in [0.05, 0.1) is 11.4 Å². The van der Waals surface area contributed by atoms with Crippen molar-refractivity contribution in [2.45, 2.75) is 38.0 Å². The molecule has 2 heterocycles. The molecule has 3 rings (SSSR count). The first-order valence-corrected chi connectivity index (χ1v) is 10.1. The Kier molecular flexibility index (Phi) is 7.00. The summed E-state index contributed by atoms with van der Waals surface area (Å²) in [5.74, 6) is -2.26. The van der Waals surface area contributed by atoms with Crippen LogP contribution in [0.15, 0.2) is 36.7 Å². The van der Waals surface area contributed by atoms with Gasteiger partial charge in [-0.3, -0.25) is 14.8 Å². The molecule has 0 radical (unpaired) electrons. The number of nitrogens with zero attached hydrogens (tertiary/aromatic N) is 4. The molecule has 0 aliphatic carbocycles. The van der Waals surface area contributed by atoms with Crippen molar-refractivity contribution in [3.8, 4) is 5.75 Å². The van der Waals surface area contributed by atoms with Crippen LogP contribution in [0.3, 0.4) is 0 Å². The number of carbonyl (C=O) groups is 1. The zero-order valence-electron chi connectivity index (χ0n) is 16.2. The highest BCUT2D eigenvalue weighted by molar-refractivity contribution is 7.15.